The number of halogens is 4. The van der Waals surface area contributed by atoms with Crippen LogP contribution in [0, 0.1) is 0 Å². The summed E-state index contributed by atoms with van der Waals surface area (Å²) < 4.78 is 40.4. The molecule has 0 unspecified atom stereocenters. The molecule has 0 atom stereocenters. The van der Waals surface area contributed by atoms with Crippen molar-refractivity contribution in [3.8, 4) is 5.69 Å². The molecule has 3 heterocycles. The predicted octanol–water partition coefficient (Wildman–Crippen LogP) is 4.54. The van der Waals surface area contributed by atoms with Crippen LogP contribution in [0.15, 0.2) is 53.5 Å². The second-order valence-electron chi connectivity index (χ2n) is 5.42. The molecule has 0 fully saturated rings. The van der Waals surface area contributed by atoms with E-state index in [2.05, 4.69) is 9.97 Å². The number of H-pyrrole nitrogens is 1. The van der Waals surface area contributed by atoms with Crippen LogP contribution < -0.4 is 5.56 Å². The molecule has 126 valence electrons. The molecule has 4 rings (SSSR count). The van der Waals surface area contributed by atoms with Crippen molar-refractivity contribution < 1.29 is 13.2 Å². The third kappa shape index (κ3) is 2.39. The maximum Gasteiger partial charge on any atom is 0.433 e. The van der Waals surface area contributed by atoms with Crippen LogP contribution in [0.2, 0.25) is 5.02 Å². The van der Waals surface area contributed by atoms with Gasteiger partial charge in [0.05, 0.1) is 10.7 Å². The first kappa shape index (κ1) is 15.7. The van der Waals surface area contributed by atoms with Gasteiger partial charge in [0.2, 0.25) is 0 Å². The fourth-order valence-corrected chi connectivity index (χ4v) is 3.04. The molecule has 4 aromatic rings. The SMILES string of the molecule is O=c1c2[nH]ccc2c2ccc(C(F)(F)F)nc2n1-c1ccccc1Cl. The number of fused-ring (bicyclic) bond motifs is 3. The summed E-state index contributed by atoms with van der Waals surface area (Å²) >= 11 is 6.17. The van der Waals surface area contributed by atoms with Gasteiger partial charge < -0.3 is 4.98 Å². The van der Waals surface area contributed by atoms with Crippen molar-refractivity contribution in [2.75, 3.05) is 0 Å². The number of para-hydroxylation sites is 1. The smallest absolute Gasteiger partial charge is 0.357 e. The second kappa shape index (κ2) is 5.35. The van der Waals surface area contributed by atoms with Crippen molar-refractivity contribution in [2.24, 2.45) is 0 Å². The summed E-state index contributed by atoms with van der Waals surface area (Å²) in [6.45, 7) is 0. The van der Waals surface area contributed by atoms with Crippen LogP contribution >= 0.6 is 11.6 Å². The normalized spacial score (nSPS) is 12.2. The Hall–Kier alpha value is -2.80. The van der Waals surface area contributed by atoms with Gasteiger partial charge in [0, 0.05) is 17.0 Å². The number of aromatic nitrogens is 3. The Morgan fingerprint density at radius 2 is 1.80 bits per heavy atom. The monoisotopic (exact) mass is 363 g/mol. The van der Waals surface area contributed by atoms with E-state index in [4.69, 9.17) is 11.6 Å². The number of benzene rings is 1. The topological polar surface area (TPSA) is 50.7 Å². The first-order chi connectivity index (χ1) is 11.9. The lowest BCUT2D eigenvalue weighted by Gasteiger charge is -2.14. The highest BCUT2D eigenvalue weighted by Crippen LogP contribution is 2.32. The molecule has 0 aliphatic carbocycles. The number of nitrogens with one attached hydrogen (secondary N) is 1. The van der Waals surface area contributed by atoms with Gasteiger partial charge in [0.1, 0.15) is 16.9 Å². The van der Waals surface area contributed by atoms with Gasteiger partial charge in [-0.15, -0.1) is 0 Å². The highest BCUT2D eigenvalue weighted by Gasteiger charge is 2.33. The van der Waals surface area contributed by atoms with Gasteiger partial charge in [-0.05, 0) is 30.3 Å². The molecule has 1 N–H and O–H groups in total. The van der Waals surface area contributed by atoms with Gasteiger partial charge in [-0.1, -0.05) is 23.7 Å². The number of nitrogens with zero attached hydrogens (tertiary/aromatic N) is 2. The lowest BCUT2D eigenvalue weighted by atomic mass is 10.1. The molecule has 0 saturated carbocycles. The van der Waals surface area contributed by atoms with Crippen LogP contribution in [0.5, 0.6) is 0 Å². The van der Waals surface area contributed by atoms with Crippen LogP contribution in [-0.4, -0.2) is 14.5 Å². The zero-order valence-corrected chi connectivity index (χ0v) is 13.2. The average molecular weight is 364 g/mol. The van der Waals surface area contributed by atoms with E-state index < -0.39 is 17.4 Å². The Kier molecular flexibility index (Phi) is 3.36. The minimum Gasteiger partial charge on any atom is -0.357 e. The average Bonchev–Trinajstić information content (AvgIpc) is 3.05. The van der Waals surface area contributed by atoms with Crippen molar-refractivity contribution in [3.05, 3.63) is 69.7 Å². The Balaban J connectivity index is 2.23. The quantitative estimate of drug-likeness (QED) is 0.540. The van der Waals surface area contributed by atoms with Gasteiger partial charge in [-0.3, -0.25) is 9.36 Å². The third-order valence-corrected chi connectivity index (χ3v) is 4.24. The van der Waals surface area contributed by atoms with Crippen molar-refractivity contribution in [1.82, 2.24) is 14.5 Å². The molecule has 8 heteroatoms. The van der Waals surface area contributed by atoms with E-state index in [1.165, 1.54) is 6.07 Å². The summed E-state index contributed by atoms with van der Waals surface area (Å²) in [5.41, 5.74) is -1.15. The van der Waals surface area contributed by atoms with E-state index in [9.17, 15) is 18.0 Å². The second-order valence-corrected chi connectivity index (χ2v) is 5.83. The lowest BCUT2D eigenvalue weighted by Crippen LogP contribution is -2.21. The van der Waals surface area contributed by atoms with Gasteiger partial charge in [0.15, 0.2) is 0 Å². The van der Waals surface area contributed by atoms with Crippen molar-refractivity contribution >= 4 is 33.5 Å². The van der Waals surface area contributed by atoms with Crippen LogP contribution in [0.1, 0.15) is 5.69 Å². The molecule has 0 radical (unpaired) electrons. The summed E-state index contributed by atoms with van der Waals surface area (Å²) in [5.74, 6) is 0. The molecule has 3 aromatic heterocycles. The summed E-state index contributed by atoms with van der Waals surface area (Å²) in [6, 6.07) is 10.3. The van der Waals surface area contributed by atoms with Gasteiger partial charge >= 0.3 is 6.18 Å². The zero-order chi connectivity index (χ0) is 17.8. The highest BCUT2D eigenvalue weighted by molar-refractivity contribution is 6.32. The van der Waals surface area contributed by atoms with Gasteiger partial charge in [0.25, 0.3) is 5.56 Å². The largest absolute Gasteiger partial charge is 0.433 e. The maximum atomic E-state index is 13.1. The Morgan fingerprint density at radius 1 is 1.04 bits per heavy atom. The van der Waals surface area contributed by atoms with E-state index >= 15 is 0 Å². The fourth-order valence-electron chi connectivity index (χ4n) is 2.82. The summed E-state index contributed by atoms with van der Waals surface area (Å²) in [4.78, 5) is 19.4. The first-order valence-electron chi connectivity index (χ1n) is 7.23. The van der Waals surface area contributed by atoms with Crippen molar-refractivity contribution in [3.63, 3.8) is 0 Å². The first-order valence-corrected chi connectivity index (χ1v) is 7.60. The van der Waals surface area contributed by atoms with Crippen molar-refractivity contribution in [2.45, 2.75) is 6.18 Å². The number of rotatable bonds is 1. The Bertz CT molecular complexity index is 1180. The third-order valence-electron chi connectivity index (χ3n) is 3.92. The summed E-state index contributed by atoms with van der Waals surface area (Å²) in [7, 11) is 0. The van der Waals surface area contributed by atoms with Gasteiger partial charge in [-0.2, -0.15) is 13.2 Å². The van der Waals surface area contributed by atoms with Gasteiger partial charge in [-0.25, -0.2) is 4.98 Å². The number of aromatic amines is 1. The predicted molar refractivity (Wildman–Crippen MR) is 89.2 cm³/mol. The van der Waals surface area contributed by atoms with E-state index in [-0.39, 0.29) is 21.9 Å². The lowest BCUT2D eigenvalue weighted by molar-refractivity contribution is -0.141. The molecule has 4 nitrogen and oxygen atoms in total. The fraction of sp³-hybridized carbons (Fsp3) is 0.0588. The minimum absolute atomic E-state index is 0.0972. The van der Waals surface area contributed by atoms with E-state index in [0.717, 1.165) is 10.6 Å². The number of pyridine rings is 2. The van der Waals surface area contributed by atoms with Crippen molar-refractivity contribution in [1.29, 1.82) is 0 Å². The zero-order valence-electron chi connectivity index (χ0n) is 12.4. The number of alkyl halides is 3. The van der Waals surface area contributed by atoms with E-state index in [0.29, 0.717) is 10.8 Å². The molecule has 0 aliphatic heterocycles. The van der Waals surface area contributed by atoms with Crippen LogP contribution in [0.3, 0.4) is 0 Å². The number of hydrogen-bond donors (Lipinski definition) is 1. The molecule has 0 spiro atoms. The molecule has 25 heavy (non-hydrogen) atoms. The summed E-state index contributed by atoms with van der Waals surface area (Å²) in [5, 5.41) is 1.16. The summed E-state index contributed by atoms with van der Waals surface area (Å²) in [6.07, 6.45) is -3.07. The molecule has 0 aliphatic rings. The molecule has 0 saturated heterocycles. The molecule has 0 amide bonds. The highest BCUT2D eigenvalue weighted by atomic mass is 35.5. The molecular formula is C17H9ClF3N3O. The van der Waals surface area contributed by atoms with E-state index in [1.54, 1.807) is 36.5 Å². The molecule has 0 bridgehead atoms. The number of hydrogen-bond acceptors (Lipinski definition) is 2. The Labute approximate surface area is 143 Å². The standard InChI is InChI=1S/C17H9ClF3N3O/c18-11-3-1-2-4-12(11)24-15-10(5-6-13(23-15)17(19,20)21)9-7-8-22-14(9)16(24)25/h1-8,22H. The Morgan fingerprint density at radius 3 is 2.52 bits per heavy atom. The molecule has 1 aromatic carbocycles. The maximum absolute atomic E-state index is 13.1. The van der Waals surface area contributed by atoms with Crippen LogP contribution in [0.25, 0.3) is 27.6 Å². The molecular weight excluding hydrogens is 355 g/mol. The van der Waals surface area contributed by atoms with E-state index in [1.807, 2.05) is 0 Å². The van der Waals surface area contributed by atoms with Crippen LogP contribution in [-0.2, 0) is 6.18 Å². The van der Waals surface area contributed by atoms with Crippen LogP contribution in [0.4, 0.5) is 13.2 Å². The minimum atomic E-state index is -4.62.